The number of nitrogens with one attached hydrogen (secondary N) is 1. The summed E-state index contributed by atoms with van der Waals surface area (Å²) >= 11 is 5.87. The average Bonchev–Trinajstić information content (AvgIpc) is 3.32. The molecule has 29 heavy (non-hydrogen) atoms. The van der Waals surface area contributed by atoms with Crippen LogP contribution in [0.25, 0.3) is 0 Å². The fourth-order valence-corrected chi connectivity index (χ4v) is 2.82. The van der Waals surface area contributed by atoms with Crippen LogP contribution < -0.4 is 19.5 Å². The van der Waals surface area contributed by atoms with E-state index in [0.717, 1.165) is 5.56 Å². The minimum Gasteiger partial charge on any atom is -0.478 e. The molecule has 1 aliphatic heterocycles. The highest BCUT2D eigenvalue weighted by Gasteiger charge is 2.31. The molecule has 0 fully saturated rings. The predicted octanol–water partition coefficient (Wildman–Crippen LogP) is 3.84. The van der Waals surface area contributed by atoms with Gasteiger partial charge in [0.2, 0.25) is 12.7 Å². The van der Waals surface area contributed by atoms with Crippen molar-refractivity contribution < 1.29 is 23.4 Å². The maximum Gasteiger partial charge on any atom is 0.322 e. The Morgan fingerprint density at radius 1 is 1.14 bits per heavy atom. The summed E-state index contributed by atoms with van der Waals surface area (Å²) in [5, 5.41) is 11.0. The molecular weight excluding hydrogens is 398 g/mol. The van der Waals surface area contributed by atoms with E-state index in [2.05, 4.69) is 15.5 Å². The second-order valence-corrected chi connectivity index (χ2v) is 7.32. The summed E-state index contributed by atoms with van der Waals surface area (Å²) < 4.78 is 21.9. The van der Waals surface area contributed by atoms with Crippen LogP contribution in [0.3, 0.4) is 0 Å². The summed E-state index contributed by atoms with van der Waals surface area (Å²) in [6, 6.07) is 12.3. The number of nitrogens with zero attached hydrogens (tertiary/aromatic N) is 2. The van der Waals surface area contributed by atoms with Crippen molar-refractivity contribution in [2.45, 2.75) is 25.9 Å². The van der Waals surface area contributed by atoms with Crippen LogP contribution in [-0.2, 0) is 11.2 Å². The SMILES string of the molecule is CC(C)(Oc1ccc(Cl)cc1)C(=O)Nc1nnc(Cc2ccc3c(c2)OCO3)o1. The number of aromatic nitrogens is 2. The first-order valence-corrected chi connectivity index (χ1v) is 9.24. The molecule has 0 spiro atoms. The van der Waals surface area contributed by atoms with E-state index in [-0.39, 0.29) is 12.8 Å². The van der Waals surface area contributed by atoms with E-state index in [4.69, 9.17) is 30.2 Å². The van der Waals surface area contributed by atoms with Gasteiger partial charge >= 0.3 is 6.01 Å². The molecule has 1 aromatic heterocycles. The number of carbonyl (C=O) groups excluding carboxylic acids is 1. The van der Waals surface area contributed by atoms with E-state index >= 15 is 0 Å². The van der Waals surface area contributed by atoms with Gasteiger partial charge in [0, 0.05) is 5.02 Å². The molecular formula is C20H18ClN3O5. The Bertz CT molecular complexity index is 1030. The van der Waals surface area contributed by atoms with Crippen molar-refractivity contribution in [1.29, 1.82) is 0 Å². The highest BCUT2D eigenvalue weighted by Crippen LogP contribution is 2.33. The van der Waals surface area contributed by atoms with Gasteiger partial charge in [-0.05, 0) is 55.8 Å². The number of ether oxygens (including phenoxy) is 3. The lowest BCUT2D eigenvalue weighted by molar-refractivity contribution is -0.128. The first-order valence-electron chi connectivity index (χ1n) is 8.86. The summed E-state index contributed by atoms with van der Waals surface area (Å²) in [6.45, 7) is 3.49. The van der Waals surface area contributed by atoms with Crippen LogP contribution in [0.1, 0.15) is 25.3 Å². The highest BCUT2D eigenvalue weighted by atomic mass is 35.5. The van der Waals surface area contributed by atoms with Gasteiger partial charge in [-0.2, -0.15) is 0 Å². The Balaban J connectivity index is 1.39. The van der Waals surface area contributed by atoms with Gasteiger partial charge in [0.15, 0.2) is 17.1 Å². The van der Waals surface area contributed by atoms with E-state index in [1.165, 1.54) is 0 Å². The zero-order chi connectivity index (χ0) is 20.4. The van der Waals surface area contributed by atoms with Gasteiger partial charge in [0.25, 0.3) is 5.91 Å². The molecule has 0 saturated heterocycles. The summed E-state index contributed by atoms with van der Waals surface area (Å²) in [5.41, 5.74) is -0.248. The van der Waals surface area contributed by atoms with Crippen molar-refractivity contribution in [2.24, 2.45) is 0 Å². The zero-order valence-electron chi connectivity index (χ0n) is 15.8. The van der Waals surface area contributed by atoms with Crippen molar-refractivity contribution in [3.05, 3.63) is 58.9 Å². The molecule has 3 aromatic rings. The Kier molecular flexibility index (Phi) is 5.02. The molecule has 9 heteroatoms. The number of anilines is 1. The van der Waals surface area contributed by atoms with Gasteiger partial charge in [0.05, 0.1) is 6.42 Å². The first-order chi connectivity index (χ1) is 13.9. The Hall–Kier alpha value is -3.26. The largest absolute Gasteiger partial charge is 0.478 e. The van der Waals surface area contributed by atoms with E-state index in [9.17, 15) is 4.79 Å². The molecule has 0 aliphatic carbocycles. The maximum atomic E-state index is 12.6. The fourth-order valence-electron chi connectivity index (χ4n) is 2.69. The van der Waals surface area contributed by atoms with E-state index in [1.807, 2.05) is 18.2 Å². The number of carbonyl (C=O) groups is 1. The molecule has 1 aliphatic rings. The predicted molar refractivity (Wildman–Crippen MR) is 104 cm³/mol. The molecule has 4 rings (SSSR count). The second-order valence-electron chi connectivity index (χ2n) is 6.89. The third kappa shape index (κ3) is 4.43. The molecule has 0 saturated carbocycles. The lowest BCUT2D eigenvalue weighted by Crippen LogP contribution is -2.42. The summed E-state index contributed by atoms with van der Waals surface area (Å²) in [6.07, 6.45) is 0.393. The van der Waals surface area contributed by atoms with Gasteiger partial charge in [-0.25, -0.2) is 0 Å². The zero-order valence-corrected chi connectivity index (χ0v) is 16.5. The Morgan fingerprint density at radius 3 is 2.69 bits per heavy atom. The van der Waals surface area contributed by atoms with Crippen LogP contribution in [-0.4, -0.2) is 28.5 Å². The van der Waals surface area contributed by atoms with Gasteiger partial charge < -0.3 is 18.6 Å². The van der Waals surface area contributed by atoms with E-state index < -0.39 is 11.5 Å². The number of amides is 1. The highest BCUT2D eigenvalue weighted by molar-refractivity contribution is 6.30. The standard InChI is InChI=1S/C20H18ClN3O5/c1-20(2,29-14-6-4-13(21)5-7-14)18(25)22-19-24-23-17(28-19)10-12-3-8-15-16(9-12)27-11-26-15/h3-9H,10-11H2,1-2H3,(H,22,24,25). The number of benzene rings is 2. The summed E-state index contributed by atoms with van der Waals surface area (Å²) in [5.74, 6) is 1.83. The van der Waals surface area contributed by atoms with Crippen LogP contribution in [0.4, 0.5) is 6.01 Å². The lowest BCUT2D eigenvalue weighted by Gasteiger charge is -2.24. The molecule has 2 aromatic carbocycles. The van der Waals surface area contributed by atoms with E-state index in [1.54, 1.807) is 38.1 Å². The summed E-state index contributed by atoms with van der Waals surface area (Å²) in [7, 11) is 0. The lowest BCUT2D eigenvalue weighted by atomic mass is 10.1. The van der Waals surface area contributed by atoms with Crippen molar-refractivity contribution in [3.8, 4) is 17.2 Å². The number of hydrogen-bond acceptors (Lipinski definition) is 7. The van der Waals surface area contributed by atoms with E-state index in [0.29, 0.717) is 34.6 Å². The van der Waals surface area contributed by atoms with Crippen molar-refractivity contribution in [2.75, 3.05) is 12.1 Å². The average molecular weight is 416 g/mol. The van der Waals surface area contributed by atoms with Gasteiger partial charge in [0.1, 0.15) is 5.75 Å². The van der Waals surface area contributed by atoms with Crippen molar-refractivity contribution >= 4 is 23.5 Å². The minimum atomic E-state index is -1.17. The van der Waals surface area contributed by atoms with Crippen molar-refractivity contribution in [3.63, 3.8) is 0 Å². The molecule has 0 bridgehead atoms. The molecule has 0 unspecified atom stereocenters. The second kappa shape index (κ2) is 7.63. The van der Waals surface area contributed by atoms with Crippen LogP contribution in [0.15, 0.2) is 46.9 Å². The molecule has 2 heterocycles. The monoisotopic (exact) mass is 415 g/mol. The normalized spacial score (nSPS) is 12.7. The Labute approximate surface area is 171 Å². The topological polar surface area (TPSA) is 95.7 Å². The number of halogens is 1. The van der Waals surface area contributed by atoms with Crippen molar-refractivity contribution in [1.82, 2.24) is 10.2 Å². The third-order valence-corrected chi connectivity index (χ3v) is 4.47. The quantitative estimate of drug-likeness (QED) is 0.653. The van der Waals surface area contributed by atoms with Gasteiger partial charge in [-0.3, -0.25) is 10.1 Å². The number of fused-ring (bicyclic) bond motifs is 1. The van der Waals surface area contributed by atoms with Crippen LogP contribution in [0.2, 0.25) is 5.02 Å². The Morgan fingerprint density at radius 2 is 1.90 bits per heavy atom. The maximum absolute atomic E-state index is 12.6. The molecule has 0 atom stereocenters. The summed E-state index contributed by atoms with van der Waals surface area (Å²) in [4.78, 5) is 12.6. The number of hydrogen-bond donors (Lipinski definition) is 1. The van der Waals surface area contributed by atoms with Crippen LogP contribution in [0, 0.1) is 0 Å². The van der Waals surface area contributed by atoms with Crippen LogP contribution >= 0.6 is 11.6 Å². The fraction of sp³-hybridized carbons (Fsp3) is 0.250. The molecule has 1 amide bonds. The van der Waals surface area contributed by atoms with Gasteiger partial charge in [-0.15, -0.1) is 5.10 Å². The minimum absolute atomic E-state index is 0.00137. The number of rotatable bonds is 6. The molecule has 1 N–H and O–H groups in total. The van der Waals surface area contributed by atoms with Gasteiger partial charge in [-0.1, -0.05) is 22.8 Å². The molecule has 8 nitrogen and oxygen atoms in total. The molecule has 150 valence electrons. The smallest absolute Gasteiger partial charge is 0.322 e. The first kappa shape index (κ1) is 19.1. The van der Waals surface area contributed by atoms with Crippen LogP contribution in [0.5, 0.6) is 17.2 Å². The third-order valence-electron chi connectivity index (χ3n) is 4.21. The molecule has 0 radical (unpaired) electrons.